The van der Waals surface area contributed by atoms with Crippen LogP contribution in [0.4, 0.5) is 4.79 Å². The van der Waals surface area contributed by atoms with Gasteiger partial charge in [-0.1, -0.05) is 54.2 Å². The minimum absolute atomic E-state index is 0.140. The lowest BCUT2D eigenvalue weighted by molar-refractivity contribution is -0.118. The first-order chi connectivity index (χ1) is 17.0. The number of nitrogens with one attached hydrogen (secondary N) is 1. The maximum Gasteiger partial charge on any atom is 0.338 e. The molecule has 0 saturated carbocycles. The maximum atomic E-state index is 12.5. The Morgan fingerprint density at radius 3 is 2.40 bits per heavy atom. The molecule has 0 aromatic heterocycles. The molecule has 35 heavy (non-hydrogen) atoms. The first-order valence-corrected chi connectivity index (χ1v) is 12.0. The summed E-state index contributed by atoms with van der Waals surface area (Å²) in [5.74, 6) is 0.484. The van der Waals surface area contributed by atoms with Crippen LogP contribution in [0.3, 0.4) is 0 Å². The van der Waals surface area contributed by atoms with Crippen LogP contribution in [-0.2, 0) is 16.0 Å². The van der Waals surface area contributed by atoms with E-state index in [9.17, 15) is 14.4 Å². The van der Waals surface area contributed by atoms with Crippen molar-refractivity contribution in [2.75, 3.05) is 20.3 Å². The molecule has 0 spiro atoms. The molecule has 1 saturated heterocycles. The van der Waals surface area contributed by atoms with Crippen LogP contribution >= 0.6 is 11.8 Å². The average Bonchev–Trinajstić information content (AvgIpc) is 3.21. The maximum absolute atomic E-state index is 12.5. The molecule has 2 atom stereocenters. The number of carbonyl (C=O) groups excluding carboxylic acids is 3. The first kappa shape index (κ1) is 24.3. The summed E-state index contributed by atoms with van der Waals surface area (Å²) in [5.41, 5.74) is 2.35. The van der Waals surface area contributed by atoms with Crippen LogP contribution in [0.1, 0.15) is 27.4 Å². The summed E-state index contributed by atoms with van der Waals surface area (Å²) in [6, 6.07) is 23.8. The van der Waals surface area contributed by atoms with E-state index in [1.165, 1.54) is 0 Å². The Kier molecular flexibility index (Phi) is 8.05. The third-order valence-corrected chi connectivity index (χ3v) is 6.53. The zero-order valence-electron chi connectivity index (χ0n) is 19.1. The molecule has 7 nitrogen and oxygen atoms in total. The highest BCUT2D eigenvalue weighted by Gasteiger charge is 2.31. The topological polar surface area (TPSA) is 90.9 Å². The zero-order valence-corrected chi connectivity index (χ0v) is 20.0. The molecule has 2 amide bonds. The fourth-order valence-electron chi connectivity index (χ4n) is 3.63. The lowest BCUT2D eigenvalue weighted by Gasteiger charge is -2.19. The second kappa shape index (κ2) is 11.6. The summed E-state index contributed by atoms with van der Waals surface area (Å²) in [5, 5.41) is 1.58. The van der Waals surface area contributed by atoms with E-state index < -0.39 is 11.2 Å². The summed E-state index contributed by atoms with van der Waals surface area (Å²) >= 11 is 1.01. The van der Waals surface area contributed by atoms with Gasteiger partial charge < -0.3 is 14.2 Å². The number of rotatable bonds is 10. The van der Waals surface area contributed by atoms with Crippen molar-refractivity contribution in [3.8, 4) is 11.5 Å². The highest BCUT2D eigenvalue weighted by Crippen LogP contribution is 2.26. The van der Waals surface area contributed by atoms with E-state index in [1.54, 1.807) is 31.4 Å². The molecule has 1 fully saturated rings. The predicted molar refractivity (Wildman–Crippen MR) is 133 cm³/mol. The van der Waals surface area contributed by atoms with Crippen molar-refractivity contribution >= 4 is 28.9 Å². The van der Waals surface area contributed by atoms with E-state index in [-0.39, 0.29) is 30.3 Å². The van der Waals surface area contributed by atoms with Crippen molar-refractivity contribution < 1.29 is 28.6 Å². The number of esters is 1. The molecule has 8 heteroatoms. The summed E-state index contributed by atoms with van der Waals surface area (Å²) < 4.78 is 17.0. The lowest BCUT2D eigenvalue weighted by atomic mass is 10.0. The number of amides is 2. The zero-order chi connectivity index (χ0) is 24.6. The number of imide groups is 1. The van der Waals surface area contributed by atoms with Gasteiger partial charge >= 0.3 is 5.97 Å². The van der Waals surface area contributed by atoms with Gasteiger partial charge in [0.25, 0.3) is 5.24 Å². The van der Waals surface area contributed by atoms with Gasteiger partial charge in [0.1, 0.15) is 18.1 Å². The van der Waals surface area contributed by atoms with Gasteiger partial charge in [0.15, 0.2) is 0 Å². The number of ether oxygens (including phenoxy) is 3. The van der Waals surface area contributed by atoms with Crippen LogP contribution in [0.2, 0.25) is 0 Å². The molecule has 0 radical (unpaired) electrons. The van der Waals surface area contributed by atoms with E-state index >= 15 is 0 Å². The Labute approximate surface area is 207 Å². The SMILES string of the molecule is COc1cccc(C(COC(=O)c2ccccc2)COc2ccc(CC3SC(=O)NC3=O)cc2)c1. The predicted octanol–water partition coefficient (Wildman–Crippen LogP) is 4.61. The monoisotopic (exact) mass is 491 g/mol. The summed E-state index contributed by atoms with van der Waals surface area (Å²) in [7, 11) is 1.60. The molecule has 0 aliphatic carbocycles. The second-order valence-corrected chi connectivity index (χ2v) is 9.16. The fraction of sp³-hybridized carbons (Fsp3) is 0.222. The van der Waals surface area contributed by atoms with E-state index in [1.807, 2.05) is 54.6 Å². The van der Waals surface area contributed by atoms with Gasteiger partial charge in [-0.25, -0.2) is 4.79 Å². The van der Waals surface area contributed by atoms with Crippen molar-refractivity contribution in [1.82, 2.24) is 5.32 Å². The largest absolute Gasteiger partial charge is 0.497 e. The minimum Gasteiger partial charge on any atom is -0.497 e. The third kappa shape index (κ3) is 6.64. The molecular weight excluding hydrogens is 466 g/mol. The molecule has 2 unspecified atom stereocenters. The van der Waals surface area contributed by atoms with Gasteiger partial charge in [-0.15, -0.1) is 0 Å². The lowest BCUT2D eigenvalue weighted by Crippen LogP contribution is -2.25. The summed E-state index contributed by atoms with van der Waals surface area (Å²) in [6.07, 6.45) is 0.463. The molecule has 1 N–H and O–H groups in total. The Hall–Kier alpha value is -3.78. The van der Waals surface area contributed by atoms with Crippen molar-refractivity contribution in [2.45, 2.75) is 17.6 Å². The van der Waals surface area contributed by atoms with Gasteiger partial charge in [0, 0.05) is 0 Å². The number of methoxy groups -OCH3 is 1. The quantitative estimate of drug-likeness (QED) is 0.414. The fourth-order valence-corrected chi connectivity index (χ4v) is 4.49. The molecule has 3 aromatic carbocycles. The number of hydrogen-bond acceptors (Lipinski definition) is 7. The molecule has 3 aromatic rings. The Morgan fingerprint density at radius 2 is 1.71 bits per heavy atom. The van der Waals surface area contributed by atoms with Gasteiger partial charge in [-0.05, 0) is 53.9 Å². The Morgan fingerprint density at radius 1 is 0.943 bits per heavy atom. The molecule has 180 valence electrons. The van der Waals surface area contributed by atoms with Gasteiger partial charge in [-0.2, -0.15) is 0 Å². The normalized spacial score (nSPS) is 15.9. The van der Waals surface area contributed by atoms with Crippen LogP contribution in [0, 0.1) is 0 Å². The van der Waals surface area contributed by atoms with E-state index in [4.69, 9.17) is 14.2 Å². The van der Waals surface area contributed by atoms with Crippen LogP contribution in [0.25, 0.3) is 0 Å². The molecule has 4 rings (SSSR count). The number of benzene rings is 3. The van der Waals surface area contributed by atoms with Crippen LogP contribution in [0.15, 0.2) is 78.9 Å². The summed E-state index contributed by atoms with van der Waals surface area (Å²) in [6.45, 7) is 0.422. The van der Waals surface area contributed by atoms with Crippen molar-refractivity contribution in [3.63, 3.8) is 0 Å². The van der Waals surface area contributed by atoms with Crippen LogP contribution in [0.5, 0.6) is 11.5 Å². The molecule has 1 aliphatic rings. The molecule has 1 aliphatic heterocycles. The van der Waals surface area contributed by atoms with E-state index in [2.05, 4.69) is 5.32 Å². The molecule has 0 bridgehead atoms. The van der Waals surface area contributed by atoms with Gasteiger partial charge in [0.2, 0.25) is 5.91 Å². The standard InChI is InChI=1S/C27H25NO6S/c1-32-23-9-5-8-20(15-23)21(17-34-26(30)19-6-3-2-4-7-19)16-33-22-12-10-18(11-13-22)14-24-25(29)28-27(31)35-24/h2-13,15,21,24H,14,16-17H2,1H3,(H,28,29,31). The smallest absolute Gasteiger partial charge is 0.338 e. The van der Waals surface area contributed by atoms with Gasteiger partial charge in [0.05, 0.1) is 30.4 Å². The number of hydrogen-bond donors (Lipinski definition) is 1. The van der Waals surface area contributed by atoms with Crippen molar-refractivity contribution in [2.24, 2.45) is 0 Å². The summed E-state index contributed by atoms with van der Waals surface area (Å²) in [4.78, 5) is 35.6. The first-order valence-electron chi connectivity index (χ1n) is 11.1. The van der Waals surface area contributed by atoms with Crippen molar-refractivity contribution in [1.29, 1.82) is 0 Å². The van der Waals surface area contributed by atoms with Crippen molar-refractivity contribution in [3.05, 3.63) is 95.6 Å². The van der Waals surface area contributed by atoms with E-state index in [0.29, 0.717) is 23.5 Å². The third-order valence-electron chi connectivity index (χ3n) is 5.55. The number of carbonyl (C=O) groups is 3. The average molecular weight is 492 g/mol. The van der Waals surface area contributed by atoms with Crippen LogP contribution in [-0.4, -0.2) is 42.7 Å². The molecule has 1 heterocycles. The molecular formula is C27H25NO6S. The van der Waals surface area contributed by atoms with E-state index in [0.717, 1.165) is 22.9 Å². The minimum atomic E-state index is -0.411. The van der Waals surface area contributed by atoms with Gasteiger partial charge in [-0.3, -0.25) is 14.9 Å². The second-order valence-electron chi connectivity index (χ2n) is 7.98. The highest BCUT2D eigenvalue weighted by molar-refractivity contribution is 8.15. The van der Waals surface area contributed by atoms with Crippen LogP contribution < -0.4 is 14.8 Å². The Balaban J connectivity index is 1.40. The number of thioether (sulfide) groups is 1. The highest BCUT2D eigenvalue weighted by atomic mass is 32.2. The Bertz CT molecular complexity index is 1180.